The third-order valence-corrected chi connectivity index (χ3v) is 3.07. The molecule has 0 radical (unpaired) electrons. The Morgan fingerprint density at radius 1 is 1.24 bits per heavy atom. The minimum Gasteiger partial charge on any atom is -0.314 e. The van der Waals surface area contributed by atoms with Gasteiger partial charge in [0.25, 0.3) is 0 Å². The summed E-state index contributed by atoms with van der Waals surface area (Å²) in [6.45, 7) is 1.86. The first-order valence-corrected chi connectivity index (χ1v) is 6.69. The molecule has 108 valence electrons. The number of nitrogens with one attached hydrogen (secondary N) is 2. The Hall–Kier alpha value is -2.33. The fourth-order valence-electron chi connectivity index (χ4n) is 1.70. The van der Waals surface area contributed by atoms with E-state index in [-0.39, 0.29) is 5.82 Å². The van der Waals surface area contributed by atoms with Crippen LogP contribution >= 0.6 is 11.6 Å². The molecular weight excluding hydrogens is 291 g/mol. The number of carbonyl (C=O) groups excluding carboxylic acids is 1. The molecule has 0 heterocycles. The average Bonchev–Trinajstić information content (AvgIpc) is 2.45. The van der Waals surface area contributed by atoms with Crippen LogP contribution in [0.25, 0.3) is 6.08 Å². The zero-order chi connectivity index (χ0) is 15.2. The van der Waals surface area contributed by atoms with Crippen molar-refractivity contribution in [1.82, 2.24) is 5.32 Å². The van der Waals surface area contributed by atoms with Crippen molar-refractivity contribution in [3.63, 3.8) is 0 Å². The number of hydrogen-bond donors (Lipinski definition) is 2. The van der Waals surface area contributed by atoms with Gasteiger partial charge in [-0.05, 0) is 36.8 Å². The molecule has 0 unspecified atom stereocenters. The van der Waals surface area contributed by atoms with Crippen LogP contribution in [-0.4, -0.2) is 6.03 Å². The van der Waals surface area contributed by atoms with Crippen LogP contribution in [0.2, 0.25) is 5.02 Å². The van der Waals surface area contributed by atoms with E-state index in [2.05, 4.69) is 10.6 Å². The summed E-state index contributed by atoms with van der Waals surface area (Å²) < 4.78 is 13.4. The third-order valence-electron chi connectivity index (χ3n) is 2.83. The first-order valence-electron chi connectivity index (χ1n) is 6.31. The molecule has 0 atom stereocenters. The van der Waals surface area contributed by atoms with Gasteiger partial charge >= 0.3 is 6.03 Å². The Morgan fingerprint density at radius 2 is 2.00 bits per heavy atom. The van der Waals surface area contributed by atoms with Crippen molar-refractivity contribution in [2.24, 2.45) is 0 Å². The first-order chi connectivity index (χ1) is 10.1. The van der Waals surface area contributed by atoms with Gasteiger partial charge in [0.1, 0.15) is 5.82 Å². The number of aryl methyl sites for hydroxylation is 1. The zero-order valence-electron chi connectivity index (χ0n) is 11.4. The lowest BCUT2D eigenvalue weighted by molar-refractivity contribution is 0.255. The van der Waals surface area contributed by atoms with Crippen LogP contribution in [0.4, 0.5) is 14.9 Å². The predicted molar refractivity (Wildman–Crippen MR) is 83.8 cm³/mol. The number of rotatable bonds is 3. The van der Waals surface area contributed by atoms with Gasteiger partial charge in [0.2, 0.25) is 0 Å². The predicted octanol–water partition coefficient (Wildman–Crippen LogP) is 4.58. The molecular formula is C16H14ClFN2O. The van der Waals surface area contributed by atoms with Crippen molar-refractivity contribution < 1.29 is 9.18 Å². The van der Waals surface area contributed by atoms with Gasteiger partial charge in [-0.25, -0.2) is 9.18 Å². The maximum Gasteiger partial charge on any atom is 0.323 e. The fourth-order valence-corrected chi connectivity index (χ4v) is 1.88. The highest BCUT2D eigenvalue weighted by atomic mass is 35.5. The smallest absolute Gasteiger partial charge is 0.314 e. The summed E-state index contributed by atoms with van der Waals surface area (Å²) in [4.78, 5) is 11.7. The molecule has 2 aromatic rings. The summed E-state index contributed by atoms with van der Waals surface area (Å²) in [7, 11) is 0. The van der Waals surface area contributed by atoms with Crippen LogP contribution in [0.15, 0.2) is 48.7 Å². The summed E-state index contributed by atoms with van der Waals surface area (Å²) in [5, 5.41) is 5.73. The van der Waals surface area contributed by atoms with Crippen molar-refractivity contribution in [3.8, 4) is 0 Å². The topological polar surface area (TPSA) is 41.1 Å². The average molecular weight is 305 g/mol. The van der Waals surface area contributed by atoms with Crippen LogP contribution in [0, 0.1) is 12.7 Å². The number of anilines is 1. The van der Waals surface area contributed by atoms with Crippen molar-refractivity contribution in [2.45, 2.75) is 6.92 Å². The van der Waals surface area contributed by atoms with Gasteiger partial charge in [0, 0.05) is 22.5 Å². The van der Waals surface area contributed by atoms with Crippen LogP contribution in [0.3, 0.4) is 0 Å². The molecule has 0 aliphatic heterocycles. The fraction of sp³-hybridized carbons (Fsp3) is 0.0625. The second-order valence-corrected chi connectivity index (χ2v) is 4.85. The van der Waals surface area contributed by atoms with E-state index in [9.17, 15) is 9.18 Å². The van der Waals surface area contributed by atoms with Crippen LogP contribution in [0.5, 0.6) is 0 Å². The summed E-state index contributed by atoms with van der Waals surface area (Å²) in [6, 6.07) is 11.1. The summed E-state index contributed by atoms with van der Waals surface area (Å²) in [5.41, 5.74) is 1.92. The highest BCUT2D eigenvalue weighted by Crippen LogP contribution is 2.19. The quantitative estimate of drug-likeness (QED) is 0.856. The van der Waals surface area contributed by atoms with E-state index in [1.165, 1.54) is 18.3 Å². The molecule has 2 aromatic carbocycles. The van der Waals surface area contributed by atoms with Gasteiger partial charge in [-0.1, -0.05) is 35.9 Å². The minimum atomic E-state index is -0.423. The van der Waals surface area contributed by atoms with Crippen molar-refractivity contribution in [2.75, 3.05) is 5.32 Å². The lowest BCUT2D eigenvalue weighted by Crippen LogP contribution is -2.24. The number of halogens is 2. The van der Waals surface area contributed by atoms with Crippen LogP contribution < -0.4 is 10.6 Å². The number of hydrogen-bond acceptors (Lipinski definition) is 1. The maximum atomic E-state index is 13.4. The second kappa shape index (κ2) is 6.90. The molecule has 0 bridgehead atoms. The Kier molecular flexibility index (Phi) is 4.95. The van der Waals surface area contributed by atoms with E-state index >= 15 is 0 Å². The molecule has 21 heavy (non-hydrogen) atoms. The monoisotopic (exact) mass is 304 g/mol. The van der Waals surface area contributed by atoms with Crippen molar-refractivity contribution in [1.29, 1.82) is 0 Å². The molecule has 0 aliphatic carbocycles. The highest BCUT2D eigenvalue weighted by Gasteiger charge is 2.03. The van der Waals surface area contributed by atoms with E-state index < -0.39 is 6.03 Å². The van der Waals surface area contributed by atoms with E-state index in [4.69, 9.17) is 11.6 Å². The normalized spacial score (nSPS) is 10.6. The maximum absolute atomic E-state index is 13.4. The van der Waals surface area contributed by atoms with E-state index in [1.54, 1.807) is 30.3 Å². The molecule has 0 saturated carbocycles. The molecule has 5 heteroatoms. The molecule has 3 nitrogen and oxygen atoms in total. The number of benzene rings is 2. The van der Waals surface area contributed by atoms with Crippen LogP contribution in [-0.2, 0) is 0 Å². The SMILES string of the molecule is Cc1ccc(Cl)cc1NC(=O)N/C=C/c1ccccc1F. The minimum absolute atomic E-state index is 0.346. The van der Waals surface area contributed by atoms with Crippen LogP contribution in [0.1, 0.15) is 11.1 Å². The Bertz CT molecular complexity index is 686. The summed E-state index contributed by atoms with van der Waals surface area (Å²) in [5.74, 6) is -0.346. The molecule has 0 aliphatic rings. The zero-order valence-corrected chi connectivity index (χ0v) is 12.1. The number of amides is 2. The highest BCUT2D eigenvalue weighted by molar-refractivity contribution is 6.31. The lowest BCUT2D eigenvalue weighted by atomic mass is 10.2. The van der Waals surface area contributed by atoms with E-state index in [0.717, 1.165) is 5.56 Å². The third kappa shape index (κ3) is 4.33. The largest absolute Gasteiger partial charge is 0.323 e. The Morgan fingerprint density at radius 3 is 2.76 bits per heavy atom. The summed E-state index contributed by atoms with van der Waals surface area (Å²) in [6.07, 6.45) is 2.87. The standard InChI is InChI=1S/C16H14ClFN2O/c1-11-6-7-13(17)10-15(11)20-16(21)19-9-8-12-4-2-3-5-14(12)18/h2-10H,1H3,(H2,19,20,21)/b9-8+. The molecule has 2 rings (SSSR count). The summed E-state index contributed by atoms with van der Waals surface area (Å²) >= 11 is 5.87. The van der Waals surface area contributed by atoms with Gasteiger partial charge in [0.15, 0.2) is 0 Å². The van der Waals surface area contributed by atoms with E-state index in [1.807, 2.05) is 13.0 Å². The molecule has 0 spiro atoms. The van der Waals surface area contributed by atoms with Gasteiger partial charge in [0.05, 0.1) is 0 Å². The Labute approximate surface area is 127 Å². The van der Waals surface area contributed by atoms with Gasteiger partial charge in [-0.2, -0.15) is 0 Å². The van der Waals surface area contributed by atoms with E-state index in [0.29, 0.717) is 16.3 Å². The molecule has 0 aromatic heterocycles. The number of carbonyl (C=O) groups is 1. The molecule has 2 amide bonds. The van der Waals surface area contributed by atoms with Gasteiger partial charge in [-0.15, -0.1) is 0 Å². The van der Waals surface area contributed by atoms with Gasteiger partial charge in [-0.3, -0.25) is 0 Å². The van der Waals surface area contributed by atoms with Gasteiger partial charge < -0.3 is 10.6 Å². The van der Waals surface area contributed by atoms with Crippen molar-refractivity contribution in [3.05, 3.63) is 70.6 Å². The molecule has 2 N–H and O–H groups in total. The second-order valence-electron chi connectivity index (χ2n) is 4.41. The lowest BCUT2D eigenvalue weighted by Gasteiger charge is -2.08. The molecule has 0 fully saturated rings. The number of urea groups is 1. The molecule has 0 saturated heterocycles. The first kappa shape index (κ1) is 15.1. The van der Waals surface area contributed by atoms with Crippen molar-refractivity contribution >= 4 is 29.4 Å². The Balaban J connectivity index is 1.96.